The summed E-state index contributed by atoms with van der Waals surface area (Å²) in [6.07, 6.45) is 1.93. The minimum Gasteiger partial charge on any atom is -2.00 e. The number of benzene rings is 8. The molecule has 0 saturated carbocycles. The maximum absolute atomic E-state index is 6.51. The summed E-state index contributed by atoms with van der Waals surface area (Å²) in [4.78, 5) is 0. The van der Waals surface area contributed by atoms with Gasteiger partial charge in [0.2, 0.25) is 0 Å². The summed E-state index contributed by atoms with van der Waals surface area (Å²) in [5.74, 6) is 0. The molecule has 0 aromatic heterocycles. The first-order valence-electron chi connectivity index (χ1n) is 16.0. The fourth-order valence-corrected chi connectivity index (χ4v) is 15.3. The second kappa shape index (κ2) is 13.7. The third kappa shape index (κ3) is 5.52. The molecule has 0 heterocycles. The molecule has 0 radical (unpaired) electrons. The van der Waals surface area contributed by atoms with Crippen LogP contribution in [0.4, 0.5) is 0 Å². The van der Waals surface area contributed by atoms with E-state index >= 15 is 0 Å². The summed E-state index contributed by atoms with van der Waals surface area (Å²) in [5, 5.41) is 10.4. The quantitative estimate of drug-likeness (QED) is 0.155. The smallest absolute Gasteiger partial charge is 2.00 e. The van der Waals surface area contributed by atoms with Crippen molar-refractivity contribution < 1.29 is 44.2 Å². The molecule has 7 heteroatoms. The van der Waals surface area contributed by atoms with Crippen LogP contribution in [-0.4, -0.2) is 0 Å². The van der Waals surface area contributed by atoms with Crippen LogP contribution in [-0.2, 0) is 57.0 Å². The molecule has 0 aliphatic heterocycles. The average molecular weight is 871 g/mol. The van der Waals surface area contributed by atoms with Crippen molar-refractivity contribution in [2.75, 3.05) is 0 Å². The molecule has 0 unspecified atom stereocenters. The van der Waals surface area contributed by atoms with E-state index in [1.165, 1.54) is 94.1 Å². The van der Waals surface area contributed by atoms with Gasteiger partial charge < -0.3 is 5.48 Å². The van der Waals surface area contributed by atoms with Gasteiger partial charge in [-0.05, 0) is 0 Å². The van der Waals surface area contributed by atoms with Crippen LogP contribution in [0.25, 0.3) is 65.3 Å². The van der Waals surface area contributed by atoms with Gasteiger partial charge in [-0.15, -0.1) is 0 Å². The van der Waals surface area contributed by atoms with E-state index in [1.54, 1.807) is 0 Å². The third-order valence-corrected chi connectivity index (χ3v) is 18.9. The van der Waals surface area contributed by atoms with Crippen LogP contribution >= 0.6 is 34.1 Å². The maximum Gasteiger partial charge on any atom is -2.00 e. The molecule has 236 valence electrons. The summed E-state index contributed by atoms with van der Waals surface area (Å²) in [7, 11) is 26.0. The Bertz CT molecular complexity index is 2420. The van der Waals surface area contributed by atoms with Gasteiger partial charge in [0.05, 0.1) is 0 Å². The van der Waals surface area contributed by atoms with E-state index in [-0.39, 0.29) is 5.48 Å². The molecule has 0 amide bonds. The number of halogens is 4. The Morgan fingerprint density at radius 1 is 0.367 bits per heavy atom. The van der Waals surface area contributed by atoms with Crippen molar-refractivity contribution in [3.05, 3.63) is 156 Å². The zero-order valence-electron chi connectivity index (χ0n) is 26.0. The number of fused-ring (bicyclic) bond motifs is 16. The SMILES string of the molecule is [Cl][Zr+]([Cl])[c]1cccc2c1c1c(c3ccccc32)-c2ccccc2C1.[Cl][Zr+]([Cl])[c]1cccc2c1c1c(c3ccccc32)-c2ccccc2C1.[O-2]. The van der Waals surface area contributed by atoms with Crippen LogP contribution in [0, 0.1) is 0 Å². The minimum atomic E-state index is -2.54. The maximum atomic E-state index is 6.51. The Morgan fingerprint density at radius 2 is 0.714 bits per heavy atom. The van der Waals surface area contributed by atoms with Crippen LogP contribution in [0.5, 0.6) is 0 Å². The first-order chi connectivity index (χ1) is 23.5. The van der Waals surface area contributed by atoms with E-state index in [2.05, 4.69) is 133 Å². The van der Waals surface area contributed by atoms with Crippen LogP contribution in [0.15, 0.2) is 133 Å². The van der Waals surface area contributed by atoms with Crippen molar-refractivity contribution >= 4 is 83.7 Å². The van der Waals surface area contributed by atoms with Gasteiger partial charge in [-0.2, -0.15) is 0 Å². The average Bonchev–Trinajstić information content (AvgIpc) is 3.71. The van der Waals surface area contributed by atoms with Crippen molar-refractivity contribution in [1.82, 2.24) is 0 Å². The van der Waals surface area contributed by atoms with Gasteiger partial charge in [-0.1, -0.05) is 0 Å². The molecule has 0 bridgehead atoms. The van der Waals surface area contributed by atoms with Gasteiger partial charge in [-0.3, -0.25) is 0 Å². The fourth-order valence-electron chi connectivity index (χ4n) is 8.15. The van der Waals surface area contributed by atoms with E-state index in [4.69, 9.17) is 34.1 Å². The zero-order valence-corrected chi connectivity index (χ0v) is 34.0. The predicted octanol–water partition coefficient (Wildman–Crippen LogP) is 12.1. The fraction of sp³-hybridized carbons (Fsp3) is 0.0476. The zero-order chi connectivity index (χ0) is 32.5. The normalized spacial score (nSPS) is 12.2. The molecule has 8 aromatic carbocycles. The predicted molar refractivity (Wildman–Crippen MR) is 203 cm³/mol. The number of hydrogen-bond acceptors (Lipinski definition) is 0. The van der Waals surface area contributed by atoms with Crippen LogP contribution in [0.3, 0.4) is 0 Å². The molecule has 0 saturated heterocycles. The van der Waals surface area contributed by atoms with Gasteiger partial charge >= 0.3 is 313 Å². The van der Waals surface area contributed by atoms with Crippen molar-refractivity contribution in [2.24, 2.45) is 0 Å². The molecular weight excluding hydrogens is 845 g/mol. The molecule has 1 nitrogen and oxygen atoms in total. The Morgan fingerprint density at radius 3 is 1.12 bits per heavy atom. The Hall–Kier alpha value is -2.31. The second-order valence-corrected chi connectivity index (χ2v) is 28.9. The monoisotopic (exact) mass is 866 g/mol. The Kier molecular flexibility index (Phi) is 9.43. The van der Waals surface area contributed by atoms with E-state index in [0.29, 0.717) is 0 Å². The molecule has 8 aromatic rings. The van der Waals surface area contributed by atoms with Crippen molar-refractivity contribution in [3.63, 3.8) is 0 Å². The molecule has 10 rings (SSSR count). The molecule has 2 aliphatic carbocycles. The number of hydrogen-bond donors (Lipinski definition) is 0. The molecule has 49 heavy (non-hydrogen) atoms. The standard InChI is InChI=1S/2C21H13.4ClH.O.2Zr/c2*1-2-8-15-14(7-1)13-20-18-11-4-3-9-16(18)17-10-5-6-12-19(17)21(15)20;;;;;;;/h2*1-10,12H,13H2;4*1H;;;/q;;;;;;-2;2*+3/p-4. The number of rotatable bonds is 2. The van der Waals surface area contributed by atoms with Gasteiger partial charge in [0.1, 0.15) is 0 Å². The van der Waals surface area contributed by atoms with Gasteiger partial charge in [0.25, 0.3) is 0 Å². The third-order valence-electron chi connectivity index (χ3n) is 10.0. The summed E-state index contributed by atoms with van der Waals surface area (Å²) in [5.41, 5.74) is 11.1. The van der Waals surface area contributed by atoms with Crippen LogP contribution in [0.2, 0.25) is 0 Å². The molecule has 0 fully saturated rings. The minimum absolute atomic E-state index is 0. The molecule has 2 aliphatic rings. The van der Waals surface area contributed by atoms with E-state index in [1.807, 2.05) is 0 Å². The molecule has 0 N–H and O–H groups in total. The summed E-state index contributed by atoms with van der Waals surface area (Å²) >= 11 is -5.08. The van der Waals surface area contributed by atoms with E-state index < -0.39 is 38.7 Å². The van der Waals surface area contributed by atoms with Crippen LogP contribution in [0.1, 0.15) is 22.3 Å². The topological polar surface area (TPSA) is 28.5 Å². The second-order valence-electron chi connectivity index (χ2n) is 12.4. The van der Waals surface area contributed by atoms with Gasteiger partial charge in [0.15, 0.2) is 0 Å². The largest absolute Gasteiger partial charge is 2.00 e. The first-order valence-corrected chi connectivity index (χ1v) is 31.1. The van der Waals surface area contributed by atoms with Crippen molar-refractivity contribution in [1.29, 1.82) is 0 Å². The Labute approximate surface area is 315 Å². The van der Waals surface area contributed by atoms with Crippen molar-refractivity contribution in [2.45, 2.75) is 12.8 Å². The summed E-state index contributed by atoms with van der Waals surface area (Å²) in [6, 6.07) is 47.7. The van der Waals surface area contributed by atoms with E-state index in [9.17, 15) is 0 Å². The summed E-state index contributed by atoms with van der Waals surface area (Å²) < 4.78 is 2.40. The molecule has 0 spiro atoms. The van der Waals surface area contributed by atoms with Gasteiger partial charge in [0, 0.05) is 0 Å². The first kappa shape index (κ1) is 33.8. The Balaban J connectivity index is 0.000000139. The van der Waals surface area contributed by atoms with E-state index in [0.717, 1.165) is 12.8 Å². The van der Waals surface area contributed by atoms with Gasteiger partial charge in [-0.25, -0.2) is 0 Å². The van der Waals surface area contributed by atoms with Crippen molar-refractivity contribution in [3.8, 4) is 22.3 Å². The van der Waals surface area contributed by atoms with Crippen LogP contribution < -0.4 is 6.54 Å². The summed E-state index contributed by atoms with van der Waals surface area (Å²) in [6.45, 7) is 0. The molecule has 0 atom stereocenters. The molecular formula is C42H26Cl4OZr2.